The second-order valence-corrected chi connectivity index (χ2v) is 17.9. The van der Waals surface area contributed by atoms with Gasteiger partial charge in [-0.15, -0.1) is 0 Å². The van der Waals surface area contributed by atoms with Crippen LogP contribution in [-0.4, -0.2) is 74.6 Å². The molecule has 1 saturated heterocycles. The van der Waals surface area contributed by atoms with E-state index in [2.05, 4.69) is 48.5 Å². The molecule has 0 spiro atoms. The lowest BCUT2D eigenvalue weighted by Crippen LogP contribution is -2.62. The van der Waals surface area contributed by atoms with Crippen molar-refractivity contribution in [1.82, 2.24) is 0 Å². The molecule has 6 fully saturated rings. The molecule has 42 heavy (non-hydrogen) atoms. The third-order valence-corrected chi connectivity index (χ3v) is 15.1. The molecule has 6 aliphatic rings. The highest BCUT2D eigenvalue weighted by atomic mass is 16.7. The van der Waals surface area contributed by atoms with Crippen molar-refractivity contribution in [3.05, 3.63) is 0 Å². The highest BCUT2D eigenvalue weighted by molar-refractivity contribution is 5.17. The van der Waals surface area contributed by atoms with Crippen LogP contribution >= 0.6 is 0 Å². The van der Waals surface area contributed by atoms with Gasteiger partial charge >= 0.3 is 0 Å². The minimum Gasteiger partial charge on any atom is -0.393 e. The number of hydrogen-bond donors (Lipinski definition) is 5. The Balaban J connectivity index is 1.26. The summed E-state index contributed by atoms with van der Waals surface area (Å²) >= 11 is 0. The molecule has 5 saturated carbocycles. The van der Waals surface area contributed by atoms with Gasteiger partial charge < -0.3 is 35.0 Å². The summed E-state index contributed by atoms with van der Waals surface area (Å²) in [7, 11) is 0. The van der Waals surface area contributed by atoms with Crippen LogP contribution in [0.4, 0.5) is 0 Å². The van der Waals surface area contributed by atoms with Crippen molar-refractivity contribution in [2.24, 2.45) is 50.7 Å². The first kappa shape index (κ1) is 31.7. The molecular formula is C35H60O7. The molecule has 242 valence electrons. The van der Waals surface area contributed by atoms with Crippen LogP contribution in [0.3, 0.4) is 0 Å². The van der Waals surface area contributed by atoms with E-state index < -0.39 is 30.2 Å². The lowest BCUT2D eigenvalue weighted by Gasteiger charge is -2.65. The zero-order valence-corrected chi connectivity index (χ0v) is 27.3. The molecule has 0 aromatic heterocycles. The summed E-state index contributed by atoms with van der Waals surface area (Å²) in [6, 6.07) is 0. The predicted molar refractivity (Wildman–Crippen MR) is 160 cm³/mol. The molecule has 5 aliphatic carbocycles. The largest absolute Gasteiger partial charge is 0.393 e. The van der Waals surface area contributed by atoms with Gasteiger partial charge in [-0.1, -0.05) is 48.5 Å². The maximum atomic E-state index is 12.6. The van der Waals surface area contributed by atoms with E-state index in [1.54, 1.807) is 0 Å². The maximum Gasteiger partial charge on any atom is 0.186 e. The van der Waals surface area contributed by atoms with Crippen molar-refractivity contribution in [2.75, 3.05) is 6.61 Å². The first-order valence-corrected chi connectivity index (χ1v) is 17.1. The van der Waals surface area contributed by atoms with E-state index >= 15 is 0 Å². The second-order valence-electron chi connectivity index (χ2n) is 17.9. The third-order valence-electron chi connectivity index (χ3n) is 15.1. The van der Waals surface area contributed by atoms with Crippen LogP contribution in [0.5, 0.6) is 0 Å². The molecule has 0 radical (unpaired) electrons. The van der Waals surface area contributed by atoms with Crippen LogP contribution in [0.15, 0.2) is 0 Å². The fraction of sp³-hybridized carbons (Fsp3) is 1.00. The predicted octanol–water partition coefficient (Wildman–Crippen LogP) is 4.80. The summed E-state index contributed by atoms with van der Waals surface area (Å²) in [5.41, 5.74) is -0.691. The van der Waals surface area contributed by atoms with Gasteiger partial charge in [-0.2, -0.15) is 0 Å². The standard InChI is InChI=1S/C35H60O7/c1-30(2)21-11-17-35(40)19-32(5)14-10-22-31(3,4)26(42-29-28(39)27(38)20(36)18-41-29)13-16-33(22,6)23(32)8-9-24(35)34(21,7)15-12-25(30)37/h20-29,36-40H,8-19H2,1-7H3/t20-,21-,22-,23-,24+,25?,26?,27-,28+,29-,32-,33-,34-,35-/m0/s1. The van der Waals surface area contributed by atoms with E-state index in [-0.39, 0.29) is 51.8 Å². The number of hydrogen-bond acceptors (Lipinski definition) is 7. The van der Waals surface area contributed by atoms with Gasteiger partial charge in [0.05, 0.1) is 24.4 Å². The van der Waals surface area contributed by atoms with Gasteiger partial charge in [-0.25, -0.2) is 0 Å². The molecule has 7 heteroatoms. The van der Waals surface area contributed by atoms with Gasteiger partial charge in [0.2, 0.25) is 0 Å². The van der Waals surface area contributed by atoms with Gasteiger partial charge in [-0.05, 0) is 121 Å². The Hall–Kier alpha value is -0.280. The smallest absolute Gasteiger partial charge is 0.186 e. The summed E-state index contributed by atoms with van der Waals surface area (Å²) in [5.74, 6) is 1.63. The minimum atomic E-state index is -1.27. The van der Waals surface area contributed by atoms with E-state index in [1.807, 2.05) is 0 Å². The molecular weight excluding hydrogens is 532 g/mol. The molecule has 1 heterocycles. The van der Waals surface area contributed by atoms with E-state index in [1.165, 1.54) is 0 Å². The molecule has 1 aliphatic heterocycles. The van der Waals surface area contributed by atoms with Crippen LogP contribution in [0.25, 0.3) is 0 Å². The fourth-order valence-corrected chi connectivity index (χ4v) is 13.0. The highest BCUT2D eigenvalue weighted by Gasteiger charge is 2.67. The Morgan fingerprint density at radius 1 is 0.619 bits per heavy atom. The average Bonchev–Trinajstić information content (AvgIpc) is 3.02. The van der Waals surface area contributed by atoms with Crippen molar-refractivity contribution in [3.8, 4) is 0 Å². The second kappa shape index (κ2) is 10.1. The van der Waals surface area contributed by atoms with Crippen LogP contribution in [0, 0.1) is 50.7 Å². The van der Waals surface area contributed by atoms with Gasteiger partial charge in [0.15, 0.2) is 6.29 Å². The Morgan fingerprint density at radius 3 is 1.93 bits per heavy atom. The average molecular weight is 593 g/mol. The normalized spacial score (nSPS) is 57.1. The Kier molecular flexibility index (Phi) is 7.63. The van der Waals surface area contributed by atoms with Crippen molar-refractivity contribution in [3.63, 3.8) is 0 Å². The van der Waals surface area contributed by atoms with Crippen LogP contribution in [-0.2, 0) is 9.47 Å². The first-order chi connectivity index (χ1) is 19.4. The SMILES string of the molecule is CC1(C)C(O[C@@H]2OC[C@H](O)[C@H](O)[C@H]2O)CC[C@@]2(C)[C@H]1CC[C@@]1(C)C[C@@]3(O)CC[C@H]4C(C)(C)C(O)CC[C@]4(C)[C@H]3CC[C@@H]12. The third kappa shape index (κ3) is 4.45. The summed E-state index contributed by atoms with van der Waals surface area (Å²) in [5, 5.41) is 54.3. The molecule has 6 rings (SSSR count). The highest BCUT2D eigenvalue weighted by Crippen LogP contribution is 2.72. The fourth-order valence-electron chi connectivity index (χ4n) is 13.0. The molecule has 14 atom stereocenters. The molecule has 0 amide bonds. The van der Waals surface area contributed by atoms with Crippen molar-refractivity contribution >= 4 is 0 Å². The molecule has 5 N–H and O–H groups in total. The number of fused-ring (bicyclic) bond motifs is 6. The van der Waals surface area contributed by atoms with Gasteiger partial charge in [0.25, 0.3) is 0 Å². The monoisotopic (exact) mass is 592 g/mol. The van der Waals surface area contributed by atoms with Crippen molar-refractivity contribution in [1.29, 1.82) is 0 Å². The molecule has 0 aromatic carbocycles. The lowest BCUT2D eigenvalue weighted by molar-refractivity contribution is -0.306. The number of aliphatic hydroxyl groups excluding tert-OH is 4. The lowest BCUT2D eigenvalue weighted by atomic mass is 9.41. The van der Waals surface area contributed by atoms with Gasteiger partial charge in [0, 0.05) is 0 Å². The van der Waals surface area contributed by atoms with Crippen LogP contribution < -0.4 is 0 Å². The van der Waals surface area contributed by atoms with Crippen LogP contribution in [0.1, 0.15) is 119 Å². The summed E-state index contributed by atoms with van der Waals surface area (Å²) in [6.45, 7) is 16.6. The minimum absolute atomic E-state index is 0.0440. The zero-order chi connectivity index (χ0) is 30.7. The van der Waals surface area contributed by atoms with E-state index in [0.29, 0.717) is 17.8 Å². The topological polar surface area (TPSA) is 120 Å². The van der Waals surface area contributed by atoms with E-state index in [0.717, 1.165) is 70.6 Å². The quantitative estimate of drug-likeness (QED) is 0.292. The van der Waals surface area contributed by atoms with E-state index in [4.69, 9.17) is 9.47 Å². The van der Waals surface area contributed by atoms with Crippen LogP contribution in [0.2, 0.25) is 0 Å². The summed E-state index contributed by atoms with van der Waals surface area (Å²) < 4.78 is 12.1. The molecule has 0 aromatic rings. The Bertz CT molecular complexity index is 1030. The molecule has 0 bridgehead atoms. The number of ether oxygens (including phenoxy) is 2. The van der Waals surface area contributed by atoms with Gasteiger partial charge in [-0.3, -0.25) is 0 Å². The first-order valence-electron chi connectivity index (χ1n) is 17.1. The zero-order valence-electron chi connectivity index (χ0n) is 27.3. The summed E-state index contributed by atoms with van der Waals surface area (Å²) in [6.07, 6.45) is 5.88. The Morgan fingerprint density at radius 2 is 1.21 bits per heavy atom. The number of aliphatic hydroxyl groups is 5. The van der Waals surface area contributed by atoms with Crippen molar-refractivity contribution < 1.29 is 35.0 Å². The summed E-state index contributed by atoms with van der Waals surface area (Å²) in [4.78, 5) is 0. The molecule has 2 unspecified atom stereocenters. The van der Waals surface area contributed by atoms with Gasteiger partial charge in [0.1, 0.15) is 18.3 Å². The maximum absolute atomic E-state index is 12.6. The number of rotatable bonds is 2. The van der Waals surface area contributed by atoms with Crippen molar-refractivity contribution in [2.45, 2.75) is 162 Å². The van der Waals surface area contributed by atoms with E-state index in [9.17, 15) is 25.5 Å². The molecule has 7 nitrogen and oxygen atoms in total. The Labute approximate surface area is 253 Å².